The van der Waals surface area contributed by atoms with Crippen molar-refractivity contribution < 1.29 is 19.1 Å². The maximum absolute atomic E-state index is 12.5. The van der Waals surface area contributed by atoms with E-state index in [1.807, 2.05) is 0 Å². The van der Waals surface area contributed by atoms with Gasteiger partial charge in [-0.2, -0.15) is 0 Å². The number of nitrogens with one attached hydrogen (secondary N) is 1. The molecule has 3 rings (SSSR count). The molecule has 0 saturated carbocycles. The second-order valence-electron chi connectivity index (χ2n) is 6.01. The fourth-order valence-electron chi connectivity index (χ4n) is 2.84. The van der Waals surface area contributed by atoms with Crippen LogP contribution >= 0.6 is 0 Å². The Kier molecular flexibility index (Phi) is 4.66. The molecule has 1 saturated heterocycles. The minimum atomic E-state index is -0.465. The van der Waals surface area contributed by atoms with Crippen molar-refractivity contribution in [3.63, 3.8) is 0 Å². The van der Waals surface area contributed by atoms with Crippen molar-refractivity contribution in [2.75, 3.05) is 18.4 Å². The molecule has 2 amide bonds. The Morgan fingerprint density at radius 2 is 2.17 bits per heavy atom. The number of aryl methyl sites for hydroxylation is 1. The zero-order valence-electron chi connectivity index (χ0n) is 13.5. The molecule has 1 aliphatic rings. The summed E-state index contributed by atoms with van der Waals surface area (Å²) in [6.07, 6.45) is 2.52. The molecule has 126 valence electrons. The van der Waals surface area contributed by atoms with Crippen molar-refractivity contribution >= 4 is 17.5 Å². The summed E-state index contributed by atoms with van der Waals surface area (Å²) in [6, 6.07) is 8.50. The highest BCUT2D eigenvalue weighted by atomic mass is 16.3. The van der Waals surface area contributed by atoms with Gasteiger partial charge in [0.25, 0.3) is 11.8 Å². The Balaban J connectivity index is 1.73. The number of likely N-dealkylation sites (tertiary alicyclic amines) is 1. The number of anilines is 1. The molecule has 0 aliphatic carbocycles. The summed E-state index contributed by atoms with van der Waals surface area (Å²) in [7, 11) is 0. The van der Waals surface area contributed by atoms with Crippen LogP contribution in [0.3, 0.4) is 0 Å². The van der Waals surface area contributed by atoms with E-state index in [0.717, 1.165) is 18.4 Å². The third kappa shape index (κ3) is 3.49. The lowest BCUT2D eigenvalue weighted by Crippen LogP contribution is -2.42. The largest absolute Gasteiger partial charge is 0.459 e. The van der Waals surface area contributed by atoms with Crippen LogP contribution in [0.4, 0.5) is 5.69 Å². The van der Waals surface area contributed by atoms with Crippen LogP contribution in [0.2, 0.25) is 0 Å². The van der Waals surface area contributed by atoms with Gasteiger partial charge in [-0.15, -0.1) is 0 Å². The van der Waals surface area contributed by atoms with Crippen LogP contribution < -0.4 is 5.32 Å². The summed E-state index contributed by atoms with van der Waals surface area (Å²) in [4.78, 5) is 26.4. The van der Waals surface area contributed by atoms with Crippen LogP contribution in [0.1, 0.15) is 39.3 Å². The van der Waals surface area contributed by atoms with Crippen molar-refractivity contribution in [2.24, 2.45) is 0 Å². The van der Waals surface area contributed by atoms with Crippen molar-refractivity contribution in [1.29, 1.82) is 0 Å². The standard InChI is InChI=1S/C18H20N2O4/c1-12-7-9-24-16(12)17(22)19-14-5-2-4-13(10-14)18(23)20-8-3-6-15(21)11-20/h2,4-5,7,9-10,15,21H,3,6,8,11H2,1H3,(H,19,22)/t15-/m1/s1. The Bertz CT molecular complexity index is 753. The third-order valence-corrected chi connectivity index (χ3v) is 4.12. The van der Waals surface area contributed by atoms with E-state index >= 15 is 0 Å². The molecule has 0 unspecified atom stereocenters. The first-order valence-electron chi connectivity index (χ1n) is 7.97. The summed E-state index contributed by atoms with van der Waals surface area (Å²) >= 11 is 0. The number of hydrogen-bond donors (Lipinski definition) is 2. The molecule has 0 bridgehead atoms. The van der Waals surface area contributed by atoms with Crippen molar-refractivity contribution in [1.82, 2.24) is 4.90 Å². The van der Waals surface area contributed by atoms with Crippen molar-refractivity contribution in [3.8, 4) is 0 Å². The highest BCUT2D eigenvalue weighted by Crippen LogP contribution is 2.18. The first kappa shape index (κ1) is 16.3. The molecule has 6 nitrogen and oxygen atoms in total. The van der Waals surface area contributed by atoms with Crippen LogP contribution in [0.25, 0.3) is 0 Å². The van der Waals surface area contributed by atoms with Crippen molar-refractivity contribution in [3.05, 3.63) is 53.5 Å². The van der Waals surface area contributed by atoms with Crippen LogP contribution in [-0.2, 0) is 0 Å². The molecule has 1 atom stereocenters. The molecule has 2 heterocycles. The molecular formula is C18H20N2O4. The minimum absolute atomic E-state index is 0.140. The molecule has 0 radical (unpaired) electrons. The first-order valence-corrected chi connectivity index (χ1v) is 7.97. The number of amides is 2. The topological polar surface area (TPSA) is 82.8 Å². The van der Waals surface area contributed by atoms with Gasteiger partial charge in [-0.25, -0.2) is 0 Å². The smallest absolute Gasteiger partial charge is 0.291 e. The molecular weight excluding hydrogens is 308 g/mol. The molecule has 6 heteroatoms. The molecule has 1 fully saturated rings. The number of piperidine rings is 1. The molecule has 2 N–H and O–H groups in total. The lowest BCUT2D eigenvalue weighted by molar-refractivity contribution is 0.0474. The van der Waals surface area contributed by atoms with Gasteiger partial charge in [0.1, 0.15) is 0 Å². The number of aliphatic hydroxyl groups excluding tert-OH is 1. The fraction of sp³-hybridized carbons (Fsp3) is 0.333. The van der Waals surface area contributed by atoms with Gasteiger partial charge in [0.2, 0.25) is 0 Å². The summed E-state index contributed by atoms with van der Waals surface area (Å²) < 4.78 is 5.17. The quantitative estimate of drug-likeness (QED) is 0.906. The van der Waals surface area contributed by atoms with E-state index in [-0.39, 0.29) is 17.6 Å². The maximum Gasteiger partial charge on any atom is 0.291 e. The number of rotatable bonds is 3. The zero-order valence-corrected chi connectivity index (χ0v) is 13.5. The maximum atomic E-state index is 12.5. The highest BCUT2D eigenvalue weighted by molar-refractivity contribution is 6.04. The minimum Gasteiger partial charge on any atom is -0.459 e. The van der Waals surface area contributed by atoms with Gasteiger partial charge in [-0.3, -0.25) is 9.59 Å². The number of carbonyl (C=O) groups excluding carboxylic acids is 2. The van der Waals surface area contributed by atoms with Crippen molar-refractivity contribution in [2.45, 2.75) is 25.9 Å². The van der Waals surface area contributed by atoms with E-state index < -0.39 is 6.10 Å². The first-order chi connectivity index (χ1) is 11.5. The van der Waals surface area contributed by atoms with E-state index in [4.69, 9.17) is 4.42 Å². The Hall–Kier alpha value is -2.60. The van der Waals surface area contributed by atoms with Gasteiger partial charge in [-0.05, 0) is 44.0 Å². The lowest BCUT2D eigenvalue weighted by atomic mass is 10.1. The number of nitrogens with zero attached hydrogens (tertiary/aromatic N) is 1. The average Bonchev–Trinajstić information content (AvgIpc) is 3.00. The summed E-state index contributed by atoms with van der Waals surface area (Å²) in [5.74, 6) is -0.236. The van der Waals surface area contributed by atoms with Gasteiger partial charge in [0, 0.05) is 29.9 Å². The van der Waals surface area contributed by atoms with E-state index in [9.17, 15) is 14.7 Å². The summed E-state index contributed by atoms with van der Waals surface area (Å²) in [5, 5.41) is 12.5. The predicted octanol–water partition coefficient (Wildman–Crippen LogP) is 2.44. The van der Waals surface area contributed by atoms with Gasteiger partial charge < -0.3 is 19.7 Å². The third-order valence-electron chi connectivity index (χ3n) is 4.12. The Labute approximate surface area is 140 Å². The molecule has 1 aromatic heterocycles. The van der Waals surface area contributed by atoms with Crippen LogP contribution in [0.5, 0.6) is 0 Å². The molecule has 0 spiro atoms. The number of carbonyl (C=O) groups is 2. The number of hydrogen-bond acceptors (Lipinski definition) is 4. The monoisotopic (exact) mass is 328 g/mol. The molecule has 1 aromatic carbocycles. The predicted molar refractivity (Wildman–Crippen MR) is 89.0 cm³/mol. The van der Waals surface area contributed by atoms with E-state index in [1.54, 1.807) is 42.2 Å². The summed E-state index contributed by atoms with van der Waals surface area (Å²) in [5.41, 5.74) is 1.76. The number of aliphatic hydroxyl groups is 1. The molecule has 1 aliphatic heterocycles. The molecule has 2 aromatic rings. The number of β-amino-alcohol motifs (C(OH)–C–C–N with tert-alkyl or cyclic N) is 1. The lowest BCUT2D eigenvalue weighted by Gasteiger charge is -2.30. The average molecular weight is 328 g/mol. The van der Waals surface area contributed by atoms with E-state index in [1.165, 1.54) is 6.26 Å². The second-order valence-corrected chi connectivity index (χ2v) is 6.01. The van der Waals surface area contributed by atoms with Crippen LogP contribution in [0, 0.1) is 6.92 Å². The molecule has 24 heavy (non-hydrogen) atoms. The Morgan fingerprint density at radius 1 is 1.33 bits per heavy atom. The SMILES string of the molecule is Cc1ccoc1C(=O)Nc1cccc(C(=O)N2CCC[C@@H](O)C2)c1. The van der Waals surface area contributed by atoms with E-state index in [2.05, 4.69) is 5.32 Å². The van der Waals surface area contributed by atoms with E-state index in [0.29, 0.717) is 24.3 Å². The highest BCUT2D eigenvalue weighted by Gasteiger charge is 2.23. The van der Waals surface area contributed by atoms with Gasteiger partial charge in [0.15, 0.2) is 5.76 Å². The van der Waals surface area contributed by atoms with Crippen LogP contribution in [0.15, 0.2) is 41.0 Å². The van der Waals surface area contributed by atoms with Gasteiger partial charge in [-0.1, -0.05) is 6.07 Å². The number of benzene rings is 1. The fourth-order valence-corrected chi connectivity index (χ4v) is 2.84. The van der Waals surface area contributed by atoms with Gasteiger partial charge in [0.05, 0.1) is 12.4 Å². The normalized spacial score (nSPS) is 17.6. The zero-order chi connectivity index (χ0) is 17.1. The summed E-state index contributed by atoms with van der Waals surface area (Å²) in [6.45, 7) is 2.78. The number of furan rings is 1. The van der Waals surface area contributed by atoms with Gasteiger partial charge >= 0.3 is 0 Å². The second kappa shape index (κ2) is 6.88. The van der Waals surface area contributed by atoms with Crippen LogP contribution in [-0.4, -0.2) is 41.0 Å². The Morgan fingerprint density at radius 3 is 2.88 bits per heavy atom.